The normalized spacial score (nSPS) is 14.0. The van der Waals surface area contributed by atoms with E-state index in [4.69, 9.17) is 4.74 Å². The lowest BCUT2D eigenvalue weighted by Gasteiger charge is -2.25. The summed E-state index contributed by atoms with van der Waals surface area (Å²) in [6.45, 7) is 10.5. The highest BCUT2D eigenvalue weighted by Gasteiger charge is 2.31. The van der Waals surface area contributed by atoms with Crippen molar-refractivity contribution in [3.05, 3.63) is 29.8 Å². The quantitative estimate of drug-likeness (QED) is 0.841. The highest BCUT2D eigenvalue weighted by Crippen LogP contribution is 2.24. The van der Waals surface area contributed by atoms with Crippen LogP contribution in [0.4, 0.5) is 0 Å². The molecule has 0 aliphatic rings. The molecule has 0 aromatic heterocycles. The molecule has 5 heteroatoms. The van der Waals surface area contributed by atoms with Gasteiger partial charge in [0.25, 0.3) is 0 Å². The molecule has 1 aromatic carbocycles. The lowest BCUT2D eigenvalue weighted by molar-refractivity contribution is 0.340. The van der Waals surface area contributed by atoms with Crippen molar-refractivity contribution in [2.75, 3.05) is 18.9 Å². The van der Waals surface area contributed by atoms with E-state index in [1.54, 1.807) is 20.8 Å². The second kappa shape index (κ2) is 7.27. The van der Waals surface area contributed by atoms with Crippen molar-refractivity contribution in [2.45, 2.75) is 45.4 Å². The van der Waals surface area contributed by atoms with E-state index in [1.807, 2.05) is 38.1 Å². The molecule has 0 saturated heterocycles. The van der Waals surface area contributed by atoms with Crippen molar-refractivity contribution >= 4 is 9.84 Å². The lowest BCUT2D eigenvalue weighted by Crippen LogP contribution is -2.36. The largest absolute Gasteiger partial charge is 0.494 e. The summed E-state index contributed by atoms with van der Waals surface area (Å²) < 4.78 is 29.5. The zero-order chi connectivity index (χ0) is 16.1. The van der Waals surface area contributed by atoms with E-state index >= 15 is 0 Å². The average Bonchev–Trinajstić information content (AvgIpc) is 2.38. The third-order valence-corrected chi connectivity index (χ3v) is 6.00. The summed E-state index contributed by atoms with van der Waals surface area (Å²) in [5.74, 6) is 0.897. The summed E-state index contributed by atoms with van der Waals surface area (Å²) in [4.78, 5) is 0. The van der Waals surface area contributed by atoms with Gasteiger partial charge in [0, 0.05) is 6.04 Å². The number of nitrogens with one attached hydrogen (secondary N) is 1. The number of sulfone groups is 1. The van der Waals surface area contributed by atoms with Crippen LogP contribution in [0.5, 0.6) is 5.75 Å². The molecule has 0 radical (unpaired) electrons. The summed E-state index contributed by atoms with van der Waals surface area (Å²) in [6.07, 6.45) is 0. The Morgan fingerprint density at radius 1 is 1.14 bits per heavy atom. The van der Waals surface area contributed by atoms with Gasteiger partial charge in [0.05, 0.1) is 17.1 Å². The third kappa shape index (κ3) is 5.00. The lowest BCUT2D eigenvalue weighted by atomic mass is 10.1. The first kappa shape index (κ1) is 18.0. The number of rotatable bonds is 7. The fourth-order valence-corrected chi connectivity index (χ4v) is 3.20. The van der Waals surface area contributed by atoms with Crippen molar-refractivity contribution < 1.29 is 13.2 Å². The first-order valence-corrected chi connectivity index (χ1v) is 9.05. The molecule has 0 heterocycles. The summed E-state index contributed by atoms with van der Waals surface area (Å²) >= 11 is 0. The van der Waals surface area contributed by atoms with Crippen LogP contribution in [0, 0.1) is 0 Å². The smallest absolute Gasteiger partial charge is 0.157 e. The van der Waals surface area contributed by atoms with Crippen LogP contribution in [0.1, 0.15) is 46.2 Å². The van der Waals surface area contributed by atoms with Crippen molar-refractivity contribution in [3.8, 4) is 5.75 Å². The Labute approximate surface area is 128 Å². The van der Waals surface area contributed by atoms with Gasteiger partial charge in [-0.1, -0.05) is 19.1 Å². The van der Waals surface area contributed by atoms with Crippen LogP contribution < -0.4 is 10.1 Å². The third-order valence-electron chi connectivity index (χ3n) is 3.36. The Balaban J connectivity index is 2.96. The molecule has 0 saturated carbocycles. The first-order valence-electron chi connectivity index (χ1n) is 7.39. The van der Waals surface area contributed by atoms with Gasteiger partial charge in [-0.15, -0.1) is 0 Å². The van der Waals surface area contributed by atoms with Gasteiger partial charge in [0.15, 0.2) is 9.84 Å². The number of hydrogen-bond acceptors (Lipinski definition) is 4. The molecule has 0 bridgehead atoms. The predicted octanol–water partition coefficient (Wildman–Crippen LogP) is 2.95. The molecule has 21 heavy (non-hydrogen) atoms. The molecule has 0 aliphatic carbocycles. The van der Waals surface area contributed by atoms with Crippen LogP contribution in [0.2, 0.25) is 0 Å². The van der Waals surface area contributed by atoms with Gasteiger partial charge < -0.3 is 10.1 Å². The van der Waals surface area contributed by atoms with E-state index in [1.165, 1.54) is 0 Å². The first-order chi connectivity index (χ1) is 9.71. The number of ether oxygens (including phenoxy) is 1. The Hall–Kier alpha value is -1.07. The van der Waals surface area contributed by atoms with Crippen LogP contribution in [0.15, 0.2) is 24.3 Å². The molecule has 120 valence electrons. The summed E-state index contributed by atoms with van der Waals surface area (Å²) in [5.41, 5.74) is 0.966. The SMILES string of the molecule is CCNC(CS(=O)(=O)C(C)(C)C)c1ccc(OCC)cc1. The zero-order valence-corrected chi connectivity index (χ0v) is 14.5. The van der Waals surface area contributed by atoms with Gasteiger partial charge in [-0.05, 0) is 51.9 Å². The maximum absolute atomic E-state index is 12.4. The molecule has 1 N–H and O–H groups in total. The molecule has 1 atom stereocenters. The molecule has 1 unspecified atom stereocenters. The van der Waals surface area contributed by atoms with Crippen LogP contribution in [-0.4, -0.2) is 32.1 Å². The van der Waals surface area contributed by atoms with E-state index in [0.717, 1.165) is 17.9 Å². The Morgan fingerprint density at radius 3 is 2.14 bits per heavy atom. The average molecular weight is 313 g/mol. The molecule has 1 aromatic rings. The minimum absolute atomic E-state index is 0.0956. The van der Waals surface area contributed by atoms with Crippen molar-refractivity contribution in [3.63, 3.8) is 0 Å². The number of hydrogen-bond donors (Lipinski definition) is 1. The van der Waals surface area contributed by atoms with E-state index in [2.05, 4.69) is 5.32 Å². The maximum Gasteiger partial charge on any atom is 0.157 e. The topological polar surface area (TPSA) is 55.4 Å². The summed E-state index contributed by atoms with van der Waals surface area (Å²) in [7, 11) is -3.18. The molecule has 0 fully saturated rings. The molecule has 0 spiro atoms. The second-order valence-electron chi connectivity index (χ2n) is 6.01. The predicted molar refractivity (Wildman–Crippen MR) is 87.6 cm³/mol. The van der Waals surface area contributed by atoms with Gasteiger partial charge in [-0.25, -0.2) is 8.42 Å². The molecule has 4 nitrogen and oxygen atoms in total. The van der Waals surface area contributed by atoms with Gasteiger partial charge in [-0.3, -0.25) is 0 Å². The standard InChI is InChI=1S/C16H27NO3S/c1-6-17-15(12-21(18,19)16(3,4)5)13-8-10-14(11-9-13)20-7-2/h8-11,15,17H,6-7,12H2,1-5H3. The summed E-state index contributed by atoms with van der Waals surface area (Å²) in [5, 5.41) is 3.26. The highest BCUT2D eigenvalue weighted by atomic mass is 32.2. The Bertz CT molecular complexity index is 530. The van der Waals surface area contributed by atoms with Crippen LogP contribution in [-0.2, 0) is 9.84 Å². The maximum atomic E-state index is 12.4. The van der Waals surface area contributed by atoms with Crippen molar-refractivity contribution in [1.29, 1.82) is 0 Å². The monoisotopic (exact) mass is 313 g/mol. The second-order valence-corrected chi connectivity index (χ2v) is 8.79. The highest BCUT2D eigenvalue weighted by molar-refractivity contribution is 7.92. The van der Waals surface area contributed by atoms with Crippen LogP contribution >= 0.6 is 0 Å². The fraction of sp³-hybridized carbons (Fsp3) is 0.625. The molecular weight excluding hydrogens is 286 g/mol. The van der Waals surface area contributed by atoms with Gasteiger partial charge in [0.2, 0.25) is 0 Å². The van der Waals surface area contributed by atoms with Crippen molar-refractivity contribution in [1.82, 2.24) is 5.32 Å². The van der Waals surface area contributed by atoms with E-state index < -0.39 is 14.6 Å². The van der Waals surface area contributed by atoms with Gasteiger partial charge in [-0.2, -0.15) is 0 Å². The number of benzene rings is 1. The van der Waals surface area contributed by atoms with E-state index in [0.29, 0.717) is 6.61 Å². The molecule has 0 aliphatic heterocycles. The zero-order valence-electron chi connectivity index (χ0n) is 13.6. The Kier molecular flexibility index (Phi) is 6.23. The summed E-state index contributed by atoms with van der Waals surface area (Å²) in [6, 6.07) is 7.42. The van der Waals surface area contributed by atoms with E-state index in [9.17, 15) is 8.42 Å². The molecular formula is C16H27NO3S. The molecule has 0 amide bonds. The van der Waals surface area contributed by atoms with Gasteiger partial charge in [0.1, 0.15) is 5.75 Å². The fourth-order valence-electron chi connectivity index (χ4n) is 1.95. The minimum Gasteiger partial charge on any atom is -0.494 e. The van der Waals surface area contributed by atoms with Crippen LogP contribution in [0.25, 0.3) is 0 Å². The minimum atomic E-state index is -3.18. The van der Waals surface area contributed by atoms with Gasteiger partial charge >= 0.3 is 0 Å². The van der Waals surface area contributed by atoms with Crippen molar-refractivity contribution in [2.24, 2.45) is 0 Å². The van der Waals surface area contributed by atoms with E-state index in [-0.39, 0.29) is 11.8 Å². The Morgan fingerprint density at radius 2 is 1.71 bits per heavy atom. The van der Waals surface area contributed by atoms with Crippen LogP contribution in [0.3, 0.4) is 0 Å². The molecule has 1 rings (SSSR count).